The van der Waals surface area contributed by atoms with Crippen molar-refractivity contribution in [2.45, 2.75) is 83.5 Å². The van der Waals surface area contributed by atoms with E-state index in [0.717, 1.165) is 4.90 Å². The van der Waals surface area contributed by atoms with Gasteiger partial charge in [0.2, 0.25) is 0 Å². The summed E-state index contributed by atoms with van der Waals surface area (Å²) in [5.74, 6) is -0.984. The molecule has 250 valence electrons. The summed E-state index contributed by atoms with van der Waals surface area (Å²) in [6, 6.07) is 17.3. The number of aromatic nitrogens is 4. The predicted molar refractivity (Wildman–Crippen MR) is 189 cm³/mol. The van der Waals surface area contributed by atoms with E-state index in [1.165, 1.54) is 6.33 Å². The lowest BCUT2D eigenvalue weighted by Crippen LogP contribution is -2.48. The maximum Gasteiger partial charge on any atom is 0.266 e. The van der Waals surface area contributed by atoms with Crippen LogP contribution in [-0.4, -0.2) is 81.2 Å². The first kappa shape index (κ1) is 34.9. The first-order valence-corrected chi connectivity index (χ1v) is 26.1. The molecule has 11 nitrogen and oxygen atoms in total. The minimum Gasteiger partial charge on any atom is -0.415 e. The van der Waals surface area contributed by atoms with Gasteiger partial charge in [0.25, 0.3) is 11.8 Å². The minimum atomic E-state index is -2.12. The number of hydrogen-bond acceptors (Lipinski definition) is 9. The zero-order chi connectivity index (χ0) is 34.1. The first-order chi connectivity index (χ1) is 22.0. The summed E-state index contributed by atoms with van der Waals surface area (Å²) in [6.07, 6.45) is 1.03. The second-order valence-electron chi connectivity index (χ2n) is 14.6. The smallest absolute Gasteiger partial charge is 0.266 e. The normalized spacial score (nSPS) is 20.4. The van der Waals surface area contributed by atoms with E-state index in [-0.39, 0.29) is 17.4 Å². The topological polar surface area (TPSA) is 118 Å². The van der Waals surface area contributed by atoms with E-state index < -0.39 is 55.2 Å². The Hall–Kier alpha value is -3.38. The largest absolute Gasteiger partial charge is 0.415 e. The highest BCUT2D eigenvalue weighted by molar-refractivity contribution is 6.70. The molecule has 2 aromatic heterocycles. The van der Waals surface area contributed by atoms with Crippen molar-refractivity contribution in [3.05, 3.63) is 84.4 Å². The standard InChI is InChI=1S/C33H45N5O6Si3/c1-45(2,3)41-20-25-27(43-46(4,5)6)28(44-47(7,8)9)33(42-25)37-22-36-26-29(37)34-21-35-30(26)38(31(39)23-16-12-10-13-17-23)32(40)24-18-14-11-15-19-24/h10-19,21-22,25,27-28,33H,20H2,1-9H3/t25-,27-,28-,33-/m1/s1. The van der Waals surface area contributed by atoms with Gasteiger partial charge < -0.3 is 18.0 Å². The second kappa shape index (κ2) is 13.6. The van der Waals surface area contributed by atoms with Gasteiger partial charge in [-0.3, -0.25) is 14.2 Å². The summed E-state index contributed by atoms with van der Waals surface area (Å²) in [7, 11) is -6.06. The zero-order valence-corrected chi connectivity index (χ0v) is 31.6. The average molecular weight is 692 g/mol. The van der Waals surface area contributed by atoms with Crippen molar-refractivity contribution in [2.24, 2.45) is 0 Å². The summed E-state index contributed by atoms with van der Waals surface area (Å²) < 4.78 is 28.5. The maximum atomic E-state index is 14.0. The fourth-order valence-electron chi connectivity index (χ4n) is 5.38. The third-order valence-electron chi connectivity index (χ3n) is 7.22. The van der Waals surface area contributed by atoms with Crippen molar-refractivity contribution >= 4 is 53.7 Å². The van der Waals surface area contributed by atoms with Crippen LogP contribution in [0.5, 0.6) is 0 Å². The van der Waals surface area contributed by atoms with E-state index in [9.17, 15) is 9.59 Å². The van der Waals surface area contributed by atoms with Crippen LogP contribution in [0.3, 0.4) is 0 Å². The lowest BCUT2D eigenvalue weighted by Gasteiger charge is -2.34. The fourth-order valence-corrected chi connectivity index (χ4v) is 8.21. The molecule has 2 aromatic carbocycles. The third kappa shape index (κ3) is 8.38. The van der Waals surface area contributed by atoms with E-state index in [0.29, 0.717) is 23.4 Å². The Labute approximate surface area is 279 Å². The van der Waals surface area contributed by atoms with Crippen LogP contribution in [-0.2, 0) is 18.0 Å². The van der Waals surface area contributed by atoms with Crippen molar-refractivity contribution in [3.63, 3.8) is 0 Å². The molecule has 4 atom stereocenters. The molecule has 0 aliphatic carbocycles. The molecule has 0 bridgehead atoms. The van der Waals surface area contributed by atoms with Crippen molar-refractivity contribution < 1.29 is 27.6 Å². The number of imidazole rings is 1. The second-order valence-corrected chi connectivity index (χ2v) is 28.0. The van der Waals surface area contributed by atoms with Gasteiger partial charge in [-0.15, -0.1) is 0 Å². The van der Waals surface area contributed by atoms with Crippen molar-refractivity contribution in [3.8, 4) is 0 Å². The van der Waals surface area contributed by atoms with Crippen LogP contribution in [0.15, 0.2) is 73.3 Å². The lowest BCUT2D eigenvalue weighted by atomic mass is 10.1. The molecule has 0 N–H and O–H groups in total. The van der Waals surface area contributed by atoms with Gasteiger partial charge in [0.1, 0.15) is 24.6 Å². The Bertz CT molecular complexity index is 1650. The molecule has 0 saturated carbocycles. The van der Waals surface area contributed by atoms with E-state index in [4.69, 9.17) is 18.0 Å². The maximum absolute atomic E-state index is 14.0. The molecule has 4 aromatic rings. The molecular formula is C33H45N5O6Si3. The van der Waals surface area contributed by atoms with Crippen LogP contribution in [0, 0.1) is 0 Å². The highest BCUT2D eigenvalue weighted by Crippen LogP contribution is 2.39. The molecule has 3 heterocycles. The third-order valence-corrected chi connectivity index (χ3v) is 10.2. The van der Waals surface area contributed by atoms with E-state index >= 15 is 0 Å². The van der Waals surface area contributed by atoms with Crippen LogP contribution in [0.25, 0.3) is 11.2 Å². The molecule has 1 fully saturated rings. The Balaban J connectivity index is 1.62. The van der Waals surface area contributed by atoms with Crippen LogP contribution in [0.1, 0.15) is 26.9 Å². The molecule has 0 radical (unpaired) electrons. The Kier molecular flexibility index (Phi) is 10.1. The summed E-state index contributed by atoms with van der Waals surface area (Å²) in [6.45, 7) is 19.7. The van der Waals surface area contributed by atoms with Gasteiger partial charge in [-0.05, 0) is 83.2 Å². The molecule has 5 rings (SSSR count). The number of imide groups is 1. The number of carbonyl (C=O) groups is 2. The molecule has 1 aliphatic heterocycles. The van der Waals surface area contributed by atoms with Crippen molar-refractivity contribution in [1.82, 2.24) is 19.5 Å². The van der Waals surface area contributed by atoms with Gasteiger partial charge in [-0.25, -0.2) is 19.9 Å². The van der Waals surface area contributed by atoms with Crippen LogP contribution in [0.2, 0.25) is 58.9 Å². The number of ether oxygens (including phenoxy) is 1. The minimum absolute atomic E-state index is 0.0747. The monoisotopic (exact) mass is 691 g/mol. The van der Waals surface area contributed by atoms with Gasteiger partial charge in [-0.2, -0.15) is 0 Å². The first-order valence-electron chi connectivity index (χ1n) is 15.8. The molecule has 2 amide bonds. The molecule has 1 aliphatic rings. The summed E-state index contributed by atoms with van der Waals surface area (Å²) in [5, 5.41) is 0. The van der Waals surface area contributed by atoms with Crippen LogP contribution < -0.4 is 4.90 Å². The fraction of sp³-hybridized carbons (Fsp3) is 0.424. The van der Waals surface area contributed by atoms with Crippen LogP contribution >= 0.6 is 0 Å². The van der Waals surface area contributed by atoms with E-state index in [2.05, 4.69) is 73.9 Å². The number of nitrogens with zero attached hydrogens (tertiary/aromatic N) is 5. The average Bonchev–Trinajstić information content (AvgIpc) is 3.56. The molecule has 47 heavy (non-hydrogen) atoms. The molecule has 1 saturated heterocycles. The van der Waals surface area contributed by atoms with E-state index in [1.54, 1.807) is 59.4 Å². The quantitative estimate of drug-likeness (QED) is 0.128. The van der Waals surface area contributed by atoms with E-state index in [1.807, 2.05) is 12.1 Å². The summed E-state index contributed by atoms with van der Waals surface area (Å²) in [5.41, 5.74) is 1.35. The molecule has 0 unspecified atom stereocenters. The summed E-state index contributed by atoms with van der Waals surface area (Å²) >= 11 is 0. The predicted octanol–water partition coefficient (Wildman–Crippen LogP) is 6.50. The van der Waals surface area contributed by atoms with Crippen molar-refractivity contribution in [2.75, 3.05) is 11.5 Å². The number of amides is 2. The number of rotatable bonds is 11. The summed E-state index contributed by atoms with van der Waals surface area (Å²) in [4.78, 5) is 42.8. The highest BCUT2D eigenvalue weighted by Gasteiger charge is 2.51. The number of fused-ring (bicyclic) bond motifs is 1. The van der Waals surface area contributed by atoms with Gasteiger partial charge in [0.05, 0.1) is 12.9 Å². The molecule has 0 spiro atoms. The Morgan fingerprint density at radius 1 is 0.745 bits per heavy atom. The van der Waals surface area contributed by atoms with Gasteiger partial charge in [0, 0.05) is 11.1 Å². The lowest BCUT2D eigenvalue weighted by molar-refractivity contribution is -0.0457. The Morgan fingerprint density at radius 3 is 1.79 bits per heavy atom. The number of hydrogen-bond donors (Lipinski definition) is 0. The number of benzene rings is 2. The van der Waals surface area contributed by atoms with Gasteiger partial charge >= 0.3 is 0 Å². The number of anilines is 1. The SMILES string of the molecule is C[Si](C)(C)OC[C@H]1O[C@@H](n2cnc3c(N(C(=O)c4ccccc4)C(=O)c4ccccc4)ncnc32)[C@H](O[Si](C)(C)C)[C@@H]1O[Si](C)(C)C. The highest BCUT2D eigenvalue weighted by atomic mass is 28.4. The molecule has 14 heteroatoms. The number of carbonyl (C=O) groups excluding carboxylic acids is 2. The Morgan fingerprint density at radius 2 is 1.28 bits per heavy atom. The van der Waals surface area contributed by atoms with Gasteiger partial charge in [0.15, 0.2) is 48.2 Å². The molecular weight excluding hydrogens is 647 g/mol. The van der Waals surface area contributed by atoms with Crippen LogP contribution in [0.4, 0.5) is 5.82 Å². The zero-order valence-electron chi connectivity index (χ0n) is 28.6. The van der Waals surface area contributed by atoms with Crippen molar-refractivity contribution in [1.29, 1.82) is 0 Å². The van der Waals surface area contributed by atoms with Gasteiger partial charge in [-0.1, -0.05) is 36.4 Å².